The fourth-order valence-electron chi connectivity index (χ4n) is 1.78. The van der Waals surface area contributed by atoms with Crippen molar-refractivity contribution in [1.82, 2.24) is 10.2 Å². The zero-order chi connectivity index (χ0) is 19.2. The van der Waals surface area contributed by atoms with Crippen molar-refractivity contribution in [3.63, 3.8) is 0 Å². The van der Waals surface area contributed by atoms with Crippen LogP contribution in [0.5, 0.6) is 0 Å². The second-order valence-corrected chi connectivity index (χ2v) is 7.68. The summed E-state index contributed by atoms with van der Waals surface area (Å²) >= 11 is 2.53. The van der Waals surface area contributed by atoms with Crippen molar-refractivity contribution in [2.45, 2.75) is 22.7 Å². The Morgan fingerprint density at radius 3 is 2.62 bits per heavy atom. The average Bonchev–Trinajstić information content (AvgIpc) is 3.02. The quantitative estimate of drug-likeness (QED) is 0.514. The molecule has 2 N–H and O–H groups in total. The van der Waals surface area contributed by atoms with Gasteiger partial charge in [-0.25, -0.2) is 0 Å². The van der Waals surface area contributed by atoms with E-state index in [2.05, 4.69) is 20.8 Å². The maximum absolute atomic E-state index is 12.5. The molecule has 0 radical (unpaired) electrons. The SMILES string of the molecule is COCCNc1nnc(SC(C)C(=O)Nc2ccc(C(F)(F)F)cc2)s1. The Hall–Kier alpha value is -1.85. The molecule has 11 heteroatoms. The molecule has 0 saturated heterocycles. The van der Waals surface area contributed by atoms with Gasteiger partial charge in [0, 0.05) is 19.3 Å². The predicted molar refractivity (Wildman–Crippen MR) is 95.7 cm³/mol. The van der Waals surface area contributed by atoms with Crippen molar-refractivity contribution in [3.8, 4) is 0 Å². The fourth-order valence-corrected chi connectivity index (χ4v) is 3.70. The molecule has 0 fully saturated rings. The summed E-state index contributed by atoms with van der Waals surface area (Å²) in [4.78, 5) is 12.2. The molecule has 0 bridgehead atoms. The average molecular weight is 406 g/mol. The normalized spacial score (nSPS) is 12.7. The summed E-state index contributed by atoms with van der Waals surface area (Å²) in [5, 5.41) is 13.7. The van der Waals surface area contributed by atoms with Gasteiger partial charge in [-0.3, -0.25) is 4.79 Å². The van der Waals surface area contributed by atoms with E-state index in [0.29, 0.717) is 28.3 Å². The number of hydrogen-bond donors (Lipinski definition) is 2. The van der Waals surface area contributed by atoms with E-state index in [4.69, 9.17) is 4.74 Å². The number of alkyl halides is 3. The van der Waals surface area contributed by atoms with Crippen molar-refractivity contribution in [2.24, 2.45) is 0 Å². The molecule has 0 saturated carbocycles. The van der Waals surface area contributed by atoms with E-state index in [9.17, 15) is 18.0 Å². The van der Waals surface area contributed by atoms with Crippen LogP contribution in [0.3, 0.4) is 0 Å². The van der Waals surface area contributed by atoms with Gasteiger partial charge in [-0.1, -0.05) is 23.1 Å². The number of carbonyl (C=O) groups excluding carboxylic acids is 1. The molecule has 2 aromatic rings. The van der Waals surface area contributed by atoms with Crippen LogP contribution in [0.4, 0.5) is 24.0 Å². The molecule has 1 aromatic carbocycles. The molecule has 1 amide bonds. The number of anilines is 2. The number of ether oxygens (including phenoxy) is 1. The third-order valence-electron chi connectivity index (χ3n) is 3.12. The summed E-state index contributed by atoms with van der Waals surface area (Å²) in [5.41, 5.74) is -0.463. The molecule has 1 aromatic heterocycles. The minimum absolute atomic E-state index is 0.301. The Morgan fingerprint density at radius 2 is 2.00 bits per heavy atom. The zero-order valence-electron chi connectivity index (χ0n) is 14.0. The Labute approximate surface area is 156 Å². The van der Waals surface area contributed by atoms with Gasteiger partial charge in [-0.05, 0) is 31.2 Å². The van der Waals surface area contributed by atoms with E-state index in [1.807, 2.05) is 0 Å². The van der Waals surface area contributed by atoms with Crippen LogP contribution < -0.4 is 10.6 Å². The first-order chi connectivity index (χ1) is 12.3. The lowest BCUT2D eigenvalue weighted by atomic mass is 10.2. The number of halogens is 3. The third-order valence-corrected chi connectivity index (χ3v) is 5.18. The second kappa shape index (κ2) is 9.19. The van der Waals surface area contributed by atoms with Gasteiger partial charge >= 0.3 is 6.18 Å². The van der Waals surface area contributed by atoms with Gasteiger partial charge < -0.3 is 15.4 Å². The number of hydrogen-bond acceptors (Lipinski definition) is 7. The monoisotopic (exact) mass is 406 g/mol. The number of nitrogens with zero attached hydrogens (tertiary/aromatic N) is 2. The Morgan fingerprint density at radius 1 is 1.31 bits per heavy atom. The lowest BCUT2D eigenvalue weighted by molar-refractivity contribution is -0.137. The number of nitrogens with one attached hydrogen (secondary N) is 2. The van der Waals surface area contributed by atoms with E-state index >= 15 is 0 Å². The van der Waals surface area contributed by atoms with Gasteiger partial charge in [0.15, 0.2) is 4.34 Å². The number of amides is 1. The van der Waals surface area contributed by atoms with E-state index < -0.39 is 17.0 Å². The predicted octanol–water partition coefficient (Wildman–Crippen LogP) is 3.73. The summed E-state index contributed by atoms with van der Waals surface area (Å²) < 4.78 is 43.1. The van der Waals surface area contributed by atoms with Gasteiger partial charge in [-0.15, -0.1) is 10.2 Å². The van der Waals surface area contributed by atoms with Crippen LogP contribution in [-0.2, 0) is 15.7 Å². The molecule has 2 rings (SSSR count). The second-order valence-electron chi connectivity index (χ2n) is 5.12. The zero-order valence-corrected chi connectivity index (χ0v) is 15.6. The van der Waals surface area contributed by atoms with E-state index in [0.717, 1.165) is 12.1 Å². The molecule has 6 nitrogen and oxygen atoms in total. The summed E-state index contributed by atoms with van der Waals surface area (Å²) in [6, 6.07) is 4.30. The highest BCUT2D eigenvalue weighted by molar-refractivity contribution is 8.02. The summed E-state index contributed by atoms with van der Waals surface area (Å²) in [5.74, 6) is -0.334. The van der Waals surface area contributed by atoms with Crippen LogP contribution in [0.2, 0.25) is 0 Å². The molecule has 0 aliphatic rings. The van der Waals surface area contributed by atoms with Crippen molar-refractivity contribution >= 4 is 39.8 Å². The number of carbonyl (C=O) groups is 1. The number of aromatic nitrogens is 2. The largest absolute Gasteiger partial charge is 0.416 e. The molecule has 0 spiro atoms. The maximum atomic E-state index is 12.5. The van der Waals surface area contributed by atoms with E-state index in [-0.39, 0.29) is 5.91 Å². The van der Waals surface area contributed by atoms with Crippen LogP contribution >= 0.6 is 23.1 Å². The maximum Gasteiger partial charge on any atom is 0.416 e. The van der Waals surface area contributed by atoms with Crippen molar-refractivity contribution in [1.29, 1.82) is 0 Å². The summed E-state index contributed by atoms with van der Waals surface area (Å²) in [6.07, 6.45) is -4.40. The van der Waals surface area contributed by atoms with Gasteiger partial charge in [0.25, 0.3) is 0 Å². The Bertz CT molecular complexity index is 722. The van der Waals surface area contributed by atoms with Crippen molar-refractivity contribution in [2.75, 3.05) is 30.9 Å². The van der Waals surface area contributed by atoms with Gasteiger partial charge in [0.1, 0.15) is 0 Å². The molecule has 0 aliphatic heterocycles. The Kier molecular flexibility index (Phi) is 7.23. The summed E-state index contributed by atoms with van der Waals surface area (Å²) in [6.45, 7) is 2.82. The molecule has 1 heterocycles. The van der Waals surface area contributed by atoms with E-state index in [1.165, 1.54) is 35.2 Å². The number of rotatable bonds is 8. The number of benzene rings is 1. The van der Waals surface area contributed by atoms with Crippen LogP contribution in [0, 0.1) is 0 Å². The third kappa shape index (κ3) is 6.15. The first-order valence-corrected chi connectivity index (χ1v) is 9.20. The van der Waals surface area contributed by atoms with Crippen LogP contribution in [0.25, 0.3) is 0 Å². The van der Waals surface area contributed by atoms with Crippen molar-refractivity contribution in [3.05, 3.63) is 29.8 Å². The lowest BCUT2D eigenvalue weighted by Gasteiger charge is -2.11. The standard InChI is InChI=1S/C15H17F3N4O2S2/c1-9(25-14-22-21-13(26-14)19-7-8-24-2)12(23)20-11-5-3-10(4-6-11)15(16,17)18/h3-6,9H,7-8H2,1-2H3,(H,19,21)(H,20,23). The first-order valence-electron chi connectivity index (χ1n) is 7.50. The van der Waals surface area contributed by atoms with Crippen molar-refractivity contribution < 1.29 is 22.7 Å². The smallest absolute Gasteiger partial charge is 0.383 e. The molecule has 1 atom stereocenters. The number of thioether (sulfide) groups is 1. The molecule has 142 valence electrons. The number of methoxy groups -OCH3 is 1. The molecule has 26 heavy (non-hydrogen) atoms. The van der Waals surface area contributed by atoms with E-state index in [1.54, 1.807) is 14.0 Å². The fraction of sp³-hybridized carbons (Fsp3) is 0.400. The molecule has 0 aliphatic carbocycles. The topological polar surface area (TPSA) is 76.1 Å². The molecule has 1 unspecified atom stereocenters. The lowest BCUT2D eigenvalue weighted by Crippen LogP contribution is -2.22. The van der Waals surface area contributed by atoms with Crippen LogP contribution in [-0.4, -0.2) is 41.6 Å². The van der Waals surface area contributed by atoms with Gasteiger partial charge in [-0.2, -0.15) is 13.2 Å². The molecular weight excluding hydrogens is 389 g/mol. The molecular formula is C15H17F3N4O2S2. The van der Waals surface area contributed by atoms with Gasteiger partial charge in [0.2, 0.25) is 11.0 Å². The first kappa shape index (κ1) is 20.5. The highest BCUT2D eigenvalue weighted by Gasteiger charge is 2.30. The van der Waals surface area contributed by atoms with Gasteiger partial charge in [0.05, 0.1) is 17.4 Å². The minimum Gasteiger partial charge on any atom is -0.383 e. The summed E-state index contributed by atoms with van der Waals surface area (Å²) in [7, 11) is 1.60. The van der Waals surface area contributed by atoms with Crippen LogP contribution in [0.15, 0.2) is 28.6 Å². The Balaban J connectivity index is 1.87. The minimum atomic E-state index is -4.40. The highest BCUT2D eigenvalue weighted by Crippen LogP contribution is 2.31. The van der Waals surface area contributed by atoms with Crippen LogP contribution in [0.1, 0.15) is 12.5 Å². The highest BCUT2D eigenvalue weighted by atomic mass is 32.2.